The summed E-state index contributed by atoms with van der Waals surface area (Å²) in [6.07, 6.45) is 11.7. The van der Waals surface area contributed by atoms with E-state index >= 15 is 0 Å². The zero-order valence-electron chi connectivity index (χ0n) is 19.0. The molecule has 4 aliphatic rings. The summed E-state index contributed by atoms with van der Waals surface area (Å²) in [6, 6.07) is 10.3. The van der Waals surface area contributed by atoms with Crippen LogP contribution in [0.1, 0.15) is 71.3 Å². The van der Waals surface area contributed by atoms with Crippen LogP contribution in [0.3, 0.4) is 0 Å². The number of ether oxygens (including phenoxy) is 1. The minimum absolute atomic E-state index is 0.0377. The van der Waals surface area contributed by atoms with Gasteiger partial charge in [-0.05, 0) is 78.9 Å². The molecule has 0 N–H and O–H groups in total. The minimum Gasteiger partial charge on any atom is -0.462 e. The Kier molecular flexibility index (Phi) is 4.99. The van der Waals surface area contributed by atoms with Crippen molar-refractivity contribution in [1.82, 2.24) is 0 Å². The van der Waals surface area contributed by atoms with Crippen LogP contribution in [0.4, 0.5) is 0 Å². The van der Waals surface area contributed by atoms with Crippen LogP contribution in [0, 0.1) is 28.6 Å². The molecular formula is C28H34O3. The van der Waals surface area contributed by atoms with Crippen molar-refractivity contribution < 1.29 is 14.3 Å². The van der Waals surface area contributed by atoms with Gasteiger partial charge in [-0.2, -0.15) is 0 Å². The van der Waals surface area contributed by atoms with E-state index in [0.717, 1.165) is 56.1 Å². The Bertz CT molecular complexity index is 958. The first-order valence-electron chi connectivity index (χ1n) is 12.0. The predicted octanol–water partition coefficient (Wildman–Crippen LogP) is 6.14. The summed E-state index contributed by atoms with van der Waals surface area (Å²) in [5, 5.41) is 0. The first-order valence-corrected chi connectivity index (χ1v) is 12.0. The molecule has 5 rings (SSSR count). The number of Topliss-reactive ketones (excluding diaryl/α,β-unsaturated/α-hetero) is 1. The topological polar surface area (TPSA) is 43.4 Å². The average Bonchev–Trinajstić information content (AvgIpc) is 2.99. The second kappa shape index (κ2) is 7.46. The van der Waals surface area contributed by atoms with Crippen LogP contribution < -0.4 is 0 Å². The van der Waals surface area contributed by atoms with Gasteiger partial charge in [0.15, 0.2) is 5.78 Å². The largest absolute Gasteiger partial charge is 0.462 e. The van der Waals surface area contributed by atoms with Crippen LogP contribution in [0.5, 0.6) is 0 Å². The van der Waals surface area contributed by atoms with Crippen molar-refractivity contribution in [2.24, 2.45) is 28.6 Å². The van der Waals surface area contributed by atoms with Gasteiger partial charge >= 0.3 is 5.97 Å². The molecule has 0 amide bonds. The summed E-state index contributed by atoms with van der Waals surface area (Å²) in [5.41, 5.74) is 3.64. The Morgan fingerprint density at radius 2 is 1.77 bits per heavy atom. The van der Waals surface area contributed by atoms with E-state index in [1.54, 1.807) is 0 Å². The smallest absolute Gasteiger partial charge is 0.302 e. The molecular weight excluding hydrogens is 384 g/mol. The highest BCUT2D eigenvalue weighted by Gasteiger charge is 2.59. The molecule has 0 saturated heterocycles. The lowest BCUT2D eigenvalue weighted by molar-refractivity contribution is -0.148. The van der Waals surface area contributed by atoms with E-state index in [-0.39, 0.29) is 22.9 Å². The second-order valence-corrected chi connectivity index (χ2v) is 10.8. The number of fused-ring (bicyclic) bond motifs is 5. The normalized spacial score (nSPS) is 40.5. The highest BCUT2D eigenvalue weighted by molar-refractivity contribution is 6.05. The highest BCUT2D eigenvalue weighted by atomic mass is 16.5. The van der Waals surface area contributed by atoms with Gasteiger partial charge in [-0.3, -0.25) is 9.59 Å². The molecule has 164 valence electrons. The number of hydrogen-bond acceptors (Lipinski definition) is 3. The molecule has 1 aromatic carbocycles. The van der Waals surface area contributed by atoms with Gasteiger partial charge in [0.25, 0.3) is 0 Å². The van der Waals surface area contributed by atoms with Crippen molar-refractivity contribution >= 4 is 17.8 Å². The number of benzene rings is 1. The maximum absolute atomic E-state index is 13.5. The molecule has 3 fully saturated rings. The molecule has 0 aliphatic heterocycles. The van der Waals surface area contributed by atoms with Crippen LogP contribution in [0.25, 0.3) is 6.08 Å². The van der Waals surface area contributed by atoms with Gasteiger partial charge in [0.05, 0.1) is 0 Å². The molecule has 3 heteroatoms. The fourth-order valence-corrected chi connectivity index (χ4v) is 7.51. The molecule has 0 heterocycles. The van der Waals surface area contributed by atoms with E-state index < -0.39 is 0 Å². The van der Waals surface area contributed by atoms with Crippen molar-refractivity contribution in [2.75, 3.05) is 0 Å². The van der Waals surface area contributed by atoms with Gasteiger partial charge < -0.3 is 4.74 Å². The van der Waals surface area contributed by atoms with Crippen LogP contribution in [0.2, 0.25) is 0 Å². The second-order valence-electron chi connectivity index (χ2n) is 10.8. The molecule has 0 aromatic heterocycles. The first-order chi connectivity index (χ1) is 14.8. The highest BCUT2D eigenvalue weighted by Crippen LogP contribution is 2.64. The van der Waals surface area contributed by atoms with Crippen molar-refractivity contribution in [3.05, 3.63) is 53.1 Å². The summed E-state index contributed by atoms with van der Waals surface area (Å²) < 4.78 is 5.56. The maximum atomic E-state index is 13.5. The molecule has 0 radical (unpaired) electrons. The maximum Gasteiger partial charge on any atom is 0.302 e. The van der Waals surface area contributed by atoms with Gasteiger partial charge in [0.1, 0.15) is 6.10 Å². The van der Waals surface area contributed by atoms with E-state index in [1.165, 1.54) is 12.5 Å². The van der Waals surface area contributed by atoms with Crippen LogP contribution in [0.15, 0.2) is 47.6 Å². The Labute approximate surface area is 185 Å². The fraction of sp³-hybridized carbons (Fsp3) is 0.571. The quantitative estimate of drug-likeness (QED) is 0.329. The number of rotatable bonds is 2. The van der Waals surface area contributed by atoms with Crippen molar-refractivity contribution in [3.63, 3.8) is 0 Å². The summed E-state index contributed by atoms with van der Waals surface area (Å²) in [4.78, 5) is 25.0. The van der Waals surface area contributed by atoms with Crippen molar-refractivity contribution in [1.29, 1.82) is 0 Å². The van der Waals surface area contributed by atoms with E-state index in [2.05, 4.69) is 38.1 Å². The number of carbonyl (C=O) groups is 2. The molecule has 3 saturated carbocycles. The van der Waals surface area contributed by atoms with E-state index in [9.17, 15) is 9.59 Å². The molecule has 1 aromatic rings. The third-order valence-electron chi connectivity index (χ3n) is 9.17. The first kappa shape index (κ1) is 20.7. The molecule has 6 atom stereocenters. The Hall–Kier alpha value is -2.16. The van der Waals surface area contributed by atoms with Gasteiger partial charge in [-0.15, -0.1) is 0 Å². The third kappa shape index (κ3) is 3.32. The molecule has 0 unspecified atom stereocenters. The monoisotopic (exact) mass is 418 g/mol. The lowest BCUT2D eigenvalue weighted by Crippen LogP contribution is -2.50. The van der Waals surface area contributed by atoms with Crippen LogP contribution in [-0.4, -0.2) is 17.9 Å². The number of hydrogen-bond donors (Lipinski definition) is 0. The zero-order valence-corrected chi connectivity index (χ0v) is 19.0. The summed E-state index contributed by atoms with van der Waals surface area (Å²) in [7, 11) is 0. The van der Waals surface area contributed by atoms with Gasteiger partial charge in [0.2, 0.25) is 0 Å². The molecule has 3 nitrogen and oxygen atoms in total. The van der Waals surface area contributed by atoms with E-state index in [0.29, 0.717) is 23.5 Å². The van der Waals surface area contributed by atoms with Crippen LogP contribution in [-0.2, 0) is 14.3 Å². The predicted molar refractivity (Wildman–Crippen MR) is 122 cm³/mol. The number of allylic oxidation sites excluding steroid dienone is 2. The lowest BCUT2D eigenvalue weighted by Gasteiger charge is -2.56. The number of esters is 1. The standard InChI is InChI=1S/C28H34O3/c1-18(29)31-22-11-13-27(2)21(17-22)9-10-23-24(27)12-14-28(3)25(23)16-20(26(28)30)15-19-7-5-4-6-8-19/h4-9,15,22-25H,10-14,16-17H2,1-3H3/b20-15-/t22-,23+,24-,25-,27-,28-/m0/s1. The summed E-state index contributed by atoms with van der Waals surface area (Å²) >= 11 is 0. The fourth-order valence-electron chi connectivity index (χ4n) is 7.51. The average molecular weight is 419 g/mol. The molecule has 31 heavy (non-hydrogen) atoms. The van der Waals surface area contributed by atoms with E-state index in [4.69, 9.17) is 4.74 Å². The minimum atomic E-state index is -0.210. The Morgan fingerprint density at radius 3 is 2.52 bits per heavy atom. The number of ketones is 1. The SMILES string of the molecule is CC(=O)O[C@H]1CC[C@@]2(C)C(=CC[C@@H]3[C@@H]2CC[C@]2(C)C(=O)/C(=C\c4ccccc4)C[C@@H]32)C1. The van der Waals surface area contributed by atoms with Gasteiger partial charge in [0, 0.05) is 18.8 Å². The van der Waals surface area contributed by atoms with Crippen molar-refractivity contribution in [2.45, 2.75) is 71.8 Å². The summed E-state index contributed by atoms with van der Waals surface area (Å²) in [6.45, 7) is 6.19. The van der Waals surface area contributed by atoms with Crippen LogP contribution >= 0.6 is 0 Å². The number of carbonyl (C=O) groups excluding carboxylic acids is 2. The summed E-state index contributed by atoms with van der Waals surface area (Å²) in [5.74, 6) is 1.86. The molecule has 0 bridgehead atoms. The van der Waals surface area contributed by atoms with Gasteiger partial charge in [-0.1, -0.05) is 55.8 Å². The molecule has 0 spiro atoms. The third-order valence-corrected chi connectivity index (χ3v) is 9.17. The lowest BCUT2D eigenvalue weighted by atomic mass is 9.48. The Balaban J connectivity index is 1.42. The Morgan fingerprint density at radius 1 is 1.03 bits per heavy atom. The van der Waals surface area contributed by atoms with E-state index in [1.807, 2.05) is 18.2 Å². The van der Waals surface area contributed by atoms with Crippen molar-refractivity contribution in [3.8, 4) is 0 Å². The molecule has 4 aliphatic carbocycles. The van der Waals surface area contributed by atoms with Gasteiger partial charge in [-0.25, -0.2) is 0 Å². The zero-order chi connectivity index (χ0) is 21.8.